The summed E-state index contributed by atoms with van der Waals surface area (Å²) in [5.74, 6) is 0.284. The van der Waals surface area contributed by atoms with Crippen molar-refractivity contribution in [3.63, 3.8) is 0 Å². The van der Waals surface area contributed by atoms with Crippen molar-refractivity contribution in [2.24, 2.45) is 0 Å². The molecular weight excluding hydrogens is 236 g/mol. The summed E-state index contributed by atoms with van der Waals surface area (Å²) in [5, 5.41) is 3.33. The van der Waals surface area contributed by atoms with Gasteiger partial charge in [-0.15, -0.1) is 0 Å². The van der Waals surface area contributed by atoms with Crippen molar-refractivity contribution in [2.75, 3.05) is 13.2 Å². The Labute approximate surface area is 116 Å². The topological polar surface area (TPSA) is 32.3 Å². The van der Waals surface area contributed by atoms with Gasteiger partial charge in [-0.3, -0.25) is 10.1 Å². The lowest BCUT2D eigenvalue weighted by molar-refractivity contribution is -0.129. The Hall–Kier alpha value is -1.35. The molecule has 0 bridgehead atoms. The second-order valence-corrected chi connectivity index (χ2v) is 5.25. The number of amides is 1. The van der Waals surface area contributed by atoms with E-state index in [1.807, 2.05) is 11.0 Å². The lowest BCUT2D eigenvalue weighted by Gasteiger charge is -2.15. The van der Waals surface area contributed by atoms with E-state index in [0.29, 0.717) is 0 Å². The number of nitrogens with zero attached hydrogens (tertiary/aromatic N) is 1. The minimum atomic E-state index is 0.0156. The number of unbranched alkanes of at least 4 members (excludes halogenated alkanes) is 2. The normalized spacial score (nSPS) is 19.1. The standard InChI is InChI=1S/C16H24N2O/c1-2-3-7-12-18-13-17-15(16(18)19)11-10-14-8-5-4-6-9-14/h4-6,8-9,15,17H,2-3,7,10-13H2,1H3. The third-order valence-corrected chi connectivity index (χ3v) is 3.73. The van der Waals surface area contributed by atoms with Gasteiger partial charge in [0.2, 0.25) is 5.91 Å². The van der Waals surface area contributed by atoms with E-state index in [0.717, 1.165) is 32.5 Å². The highest BCUT2D eigenvalue weighted by Crippen LogP contribution is 2.12. The van der Waals surface area contributed by atoms with Crippen LogP contribution in [0.1, 0.15) is 38.2 Å². The quantitative estimate of drug-likeness (QED) is 0.764. The van der Waals surface area contributed by atoms with Gasteiger partial charge in [0.25, 0.3) is 0 Å². The fourth-order valence-electron chi connectivity index (χ4n) is 2.53. The molecule has 1 aliphatic rings. The fraction of sp³-hybridized carbons (Fsp3) is 0.562. The van der Waals surface area contributed by atoms with Gasteiger partial charge in [-0.2, -0.15) is 0 Å². The summed E-state index contributed by atoms with van der Waals surface area (Å²) < 4.78 is 0. The van der Waals surface area contributed by atoms with Crippen LogP contribution in [-0.2, 0) is 11.2 Å². The molecule has 1 aliphatic heterocycles. The summed E-state index contributed by atoms with van der Waals surface area (Å²) >= 11 is 0. The number of hydrogen-bond donors (Lipinski definition) is 1. The molecule has 0 aromatic heterocycles. The molecule has 3 nitrogen and oxygen atoms in total. The zero-order chi connectivity index (χ0) is 13.5. The van der Waals surface area contributed by atoms with E-state index in [1.54, 1.807) is 0 Å². The van der Waals surface area contributed by atoms with Crippen molar-refractivity contribution in [1.29, 1.82) is 0 Å². The summed E-state index contributed by atoms with van der Waals surface area (Å²) in [6, 6.07) is 10.4. The maximum atomic E-state index is 12.2. The molecule has 1 atom stereocenters. The molecule has 1 unspecified atom stereocenters. The molecule has 0 saturated carbocycles. The van der Waals surface area contributed by atoms with Crippen LogP contribution in [-0.4, -0.2) is 30.1 Å². The number of aryl methyl sites for hydroxylation is 1. The molecular formula is C16H24N2O. The van der Waals surface area contributed by atoms with E-state index < -0.39 is 0 Å². The summed E-state index contributed by atoms with van der Waals surface area (Å²) in [6.07, 6.45) is 5.39. The van der Waals surface area contributed by atoms with Crippen molar-refractivity contribution < 1.29 is 4.79 Å². The van der Waals surface area contributed by atoms with Crippen LogP contribution < -0.4 is 5.32 Å². The SMILES string of the molecule is CCCCCN1CNC(CCc2ccccc2)C1=O. The lowest BCUT2D eigenvalue weighted by atomic mass is 10.1. The number of benzene rings is 1. The van der Waals surface area contributed by atoms with Gasteiger partial charge in [0, 0.05) is 6.54 Å². The third-order valence-electron chi connectivity index (χ3n) is 3.73. The van der Waals surface area contributed by atoms with Crippen LogP contribution in [0, 0.1) is 0 Å². The van der Waals surface area contributed by atoms with E-state index >= 15 is 0 Å². The minimum Gasteiger partial charge on any atom is -0.329 e. The first-order chi connectivity index (χ1) is 9.31. The second-order valence-electron chi connectivity index (χ2n) is 5.25. The summed E-state index contributed by atoms with van der Waals surface area (Å²) in [5.41, 5.74) is 1.31. The molecule has 1 aromatic rings. The van der Waals surface area contributed by atoms with E-state index in [2.05, 4.69) is 36.5 Å². The molecule has 1 amide bonds. The van der Waals surface area contributed by atoms with Crippen molar-refractivity contribution in [1.82, 2.24) is 10.2 Å². The molecule has 0 radical (unpaired) electrons. The van der Waals surface area contributed by atoms with Crippen LogP contribution in [0.4, 0.5) is 0 Å². The molecule has 1 heterocycles. The van der Waals surface area contributed by atoms with Crippen LogP contribution in [0.25, 0.3) is 0 Å². The average Bonchev–Trinajstić information content (AvgIpc) is 2.79. The highest BCUT2D eigenvalue weighted by atomic mass is 16.2. The molecule has 3 heteroatoms. The van der Waals surface area contributed by atoms with E-state index in [4.69, 9.17) is 0 Å². The van der Waals surface area contributed by atoms with Gasteiger partial charge >= 0.3 is 0 Å². The lowest BCUT2D eigenvalue weighted by Crippen LogP contribution is -2.31. The molecule has 1 fully saturated rings. The third kappa shape index (κ3) is 4.06. The van der Waals surface area contributed by atoms with Crippen molar-refractivity contribution >= 4 is 5.91 Å². The van der Waals surface area contributed by atoms with Gasteiger partial charge in [-0.25, -0.2) is 0 Å². The van der Waals surface area contributed by atoms with Gasteiger partial charge in [-0.05, 0) is 24.8 Å². The van der Waals surface area contributed by atoms with Crippen LogP contribution in [0.2, 0.25) is 0 Å². The Morgan fingerprint density at radius 1 is 1.26 bits per heavy atom. The van der Waals surface area contributed by atoms with E-state index in [1.165, 1.54) is 18.4 Å². The predicted molar refractivity (Wildman–Crippen MR) is 77.8 cm³/mol. The van der Waals surface area contributed by atoms with Crippen molar-refractivity contribution in [3.8, 4) is 0 Å². The van der Waals surface area contributed by atoms with Gasteiger partial charge in [0.05, 0.1) is 12.7 Å². The Morgan fingerprint density at radius 3 is 2.79 bits per heavy atom. The number of nitrogens with one attached hydrogen (secondary N) is 1. The van der Waals surface area contributed by atoms with Gasteiger partial charge < -0.3 is 4.90 Å². The van der Waals surface area contributed by atoms with Crippen LogP contribution in [0.3, 0.4) is 0 Å². The Kier molecular flexibility index (Phi) is 5.40. The van der Waals surface area contributed by atoms with Crippen molar-refractivity contribution in [2.45, 2.75) is 45.1 Å². The van der Waals surface area contributed by atoms with Crippen LogP contribution >= 0.6 is 0 Å². The first-order valence-corrected chi connectivity index (χ1v) is 7.37. The van der Waals surface area contributed by atoms with Gasteiger partial charge in [0.1, 0.15) is 0 Å². The molecule has 19 heavy (non-hydrogen) atoms. The molecule has 1 saturated heterocycles. The highest BCUT2D eigenvalue weighted by molar-refractivity contribution is 5.83. The molecule has 2 rings (SSSR count). The average molecular weight is 260 g/mol. The molecule has 1 aromatic carbocycles. The van der Waals surface area contributed by atoms with Gasteiger partial charge in [0.15, 0.2) is 0 Å². The number of carbonyl (C=O) groups is 1. The zero-order valence-electron chi connectivity index (χ0n) is 11.8. The fourth-order valence-corrected chi connectivity index (χ4v) is 2.53. The van der Waals surface area contributed by atoms with Gasteiger partial charge in [-0.1, -0.05) is 50.1 Å². The van der Waals surface area contributed by atoms with Crippen LogP contribution in [0.5, 0.6) is 0 Å². The molecule has 104 valence electrons. The van der Waals surface area contributed by atoms with E-state index in [9.17, 15) is 4.79 Å². The number of carbonyl (C=O) groups excluding carboxylic acids is 1. The summed E-state index contributed by atoms with van der Waals surface area (Å²) in [4.78, 5) is 14.1. The predicted octanol–water partition coefficient (Wildman–Crippen LogP) is 2.57. The largest absolute Gasteiger partial charge is 0.329 e. The maximum absolute atomic E-state index is 12.2. The zero-order valence-corrected chi connectivity index (χ0v) is 11.8. The Balaban J connectivity index is 1.75. The van der Waals surface area contributed by atoms with Crippen molar-refractivity contribution in [3.05, 3.63) is 35.9 Å². The smallest absolute Gasteiger partial charge is 0.240 e. The van der Waals surface area contributed by atoms with E-state index in [-0.39, 0.29) is 11.9 Å². The summed E-state index contributed by atoms with van der Waals surface area (Å²) in [6.45, 7) is 3.82. The number of rotatable bonds is 7. The minimum absolute atomic E-state index is 0.0156. The first kappa shape index (κ1) is 14.1. The first-order valence-electron chi connectivity index (χ1n) is 7.37. The Morgan fingerprint density at radius 2 is 2.05 bits per heavy atom. The molecule has 0 spiro atoms. The molecule has 0 aliphatic carbocycles. The highest BCUT2D eigenvalue weighted by Gasteiger charge is 2.29. The Bertz CT molecular complexity index is 391. The molecule has 1 N–H and O–H groups in total. The monoisotopic (exact) mass is 260 g/mol. The number of hydrogen-bond acceptors (Lipinski definition) is 2. The second kappa shape index (κ2) is 7.29. The van der Waals surface area contributed by atoms with Crippen LogP contribution in [0.15, 0.2) is 30.3 Å². The summed E-state index contributed by atoms with van der Waals surface area (Å²) in [7, 11) is 0. The maximum Gasteiger partial charge on any atom is 0.240 e.